The van der Waals surface area contributed by atoms with Gasteiger partial charge < -0.3 is 20.1 Å². The van der Waals surface area contributed by atoms with Crippen molar-refractivity contribution in [3.8, 4) is 0 Å². The predicted octanol–water partition coefficient (Wildman–Crippen LogP) is -3.08. The van der Waals surface area contributed by atoms with Gasteiger partial charge in [-0.15, -0.1) is 0 Å². The summed E-state index contributed by atoms with van der Waals surface area (Å²) in [6.45, 7) is 6.21. The van der Waals surface area contributed by atoms with Crippen molar-refractivity contribution in [1.82, 2.24) is 5.32 Å². The maximum atomic E-state index is 11.5. The molecule has 2 atom stereocenters. The zero-order chi connectivity index (χ0) is 10.9. The molecule has 1 fully saturated rings. The van der Waals surface area contributed by atoms with Gasteiger partial charge in [0.1, 0.15) is 6.04 Å². The standard InChI is InChI=1S/C9H16N2O3/c1-6(7(12)13)11-5-4-10-8(14)9(11,2)3/h6H,4-5H2,1-3H3,(H,10,14)(H,12,13)/t6-/m0/s1. The lowest BCUT2D eigenvalue weighted by molar-refractivity contribution is -0.955. The first-order valence-corrected chi connectivity index (χ1v) is 4.72. The van der Waals surface area contributed by atoms with Crippen LogP contribution in [0.5, 0.6) is 0 Å². The lowest BCUT2D eigenvalue weighted by atomic mass is 9.97. The molecule has 80 valence electrons. The number of hydrogen-bond donors (Lipinski definition) is 2. The number of rotatable bonds is 2. The van der Waals surface area contributed by atoms with E-state index >= 15 is 0 Å². The highest BCUT2D eigenvalue weighted by molar-refractivity contribution is 5.84. The summed E-state index contributed by atoms with van der Waals surface area (Å²) in [4.78, 5) is 23.0. The fourth-order valence-corrected chi connectivity index (χ4v) is 1.89. The van der Waals surface area contributed by atoms with E-state index in [2.05, 4.69) is 5.32 Å². The first kappa shape index (κ1) is 11.0. The molecular formula is C9H16N2O3. The molecule has 0 spiro atoms. The summed E-state index contributed by atoms with van der Waals surface area (Å²) in [6.07, 6.45) is 0. The maximum Gasteiger partial charge on any atom is 0.281 e. The van der Waals surface area contributed by atoms with Crippen LogP contribution in [-0.4, -0.2) is 36.5 Å². The van der Waals surface area contributed by atoms with Gasteiger partial charge in [-0.25, -0.2) is 0 Å². The van der Waals surface area contributed by atoms with E-state index in [0.29, 0.717) is 13.1 Å². The van der Waals surface area contributed by atoms with Crippen LogP contribution < -0.4 is 15.3 Å². The average molecular weight is 200 g/mol. The summed E-state index contributed by atoms with van der Waals surface area (Å²) in [6, 6.07) is -0.656. The topological polar surface area (TPSA) is 73.7 Å². The summed E-state index contributed by atoms with van der Waals surface area (Å²) >= 11 is 0. The number of carbonyl (C=O) groups excluding carboxylic acids is 2. The third-order valence-corrected chi connectivity index (χ3v) is 2.93. The number of aliphatic carboxylic acids is 1. The molecule has 1 rings (SSSR count). The minimum absolute atomic E-state index is 0.105. The van der Waals surface area contributed by atoms with Gasteiger partial charge in [-0.3, -0.25) is 4.79 Å². The molecule has 1 aliphatic heterocycles. The monoisotopic (exact) mass is 200 g/mol. The van der Waals surface area contributed by atoms with Gasteiger partial charge in [0.2, 0.25) is 0 Å². The Morgan fingerprint density at radius 3 is 2.71 bits per heavy atom. The number of amides is 1. The van der Waals surface area contributed by atoms with Crippen molar-refractivity contribution >= 4 is 11.9 Å². The highest BCUT2D eigenvalue weighted by Gasteiger charge is 2.44. The second-order valence-corrected chi connectivity index (χ2v) is 4.20. The van der Waals surface area contributed by atoms with Crippen LogP contribution in [0.3, 0.4) is 0 Å². The molecule has 1 saturated heterocycles. The number of piperazine rings is 1. The lowest BCUT2D eigenvalue weighted by Gasteiger charge is -2.41. The van der Waals surface area contributed by atoms with Gasteiger partial charge in [-0.2, -0.15) is 0 Å². The Morgan fingerprint density at radius 2 is 2.21 bits per heavy atom. The molecular weight excluding hydrogens is 184 g/mol. The van der Waals surface area contributed by atoms with Crippen molar-refractivity contribution in [3.05, 3.63) is 0 Å². The molecule has 0 bridgehead atoms. The zero-order valence-electron chi connectivity index (χ0n) is 8.72. The number of carboxylic acid groups (broad SMARTS) is 1. The zero-order valence-corrected chi connectivity index (χ0v) is 8.72. The van der Waals surface area contributed by atoms with Gasteiger partial charge in [-0.05, 0) is 20.8 Å². The van der Waals surface area contributed by atoms with Crippen LogP contribution in [-0.2, 0) is 9.59 Å². The molecule has 1 unspecified atom stereocenters. The van der Waals surface area contributed by atoms with E-state index in [-0.39, 0.29) is 5.91 Å². The van der Waals surface area contributed by atoms with Gasteiger partial charge in [0.15, 0.2) is 5.54 Å². The number of carbonyl (C=O) groups is 2. The number of quaternary nitrogens is 1. The Hall–Kier alpha value is -1.10. The molecule has 0 saturated carbocycles. The third-order valence-electron chi connectivity index (χ3n) is 2.93. The van der Waals surface area contributed by atoms with Gasteiger partial charge in [-0.1, -0.05) is 0 Å². The molecule has 0 radical (unpaired) electrons. The Morgan fingerprint density at radius 1 is 1.64 bits per heavy atom. The molecule has 0 aromatic carbocycles. The van der Waals surface area contributed by atoms with E-state index in [4.69, 9.17) is 0 Å². The van der Waals surface area contributed by atoms with E-state index in [1.807, 2.05) is 0 Å². The lowest BCUT2D eigenvalue weighted by Crippen LogP contribution is -3.26. The van der Waals surface area contributed by atoms with E-state index in [0.717, 1.165) is 4.90 Å². The average Bonchev–Trinajstić information content (AvgIpc) is 2.08. The molecule has 0 aromatic rings. The van der Waals surface area contributed by atoms with Crippen molar-refractivity contribution in [2.75, 3.05) is 13.1 Å². The molecule has 14 heavy (non-hydrogen) atoms. The summed E-state index contributed by atoms with van der Waals surface area (Å²) in [5.74, 6) is -1.21. The van der Waals surface area contributed by atoms with Gasteiger partial charge >= 0.3 is 0 Å². The van der Waals surface area contributed by atoms with Crippen molar-refractivity contribution in [1.29, 1.82) is 0 Å². The van der Waals surface area contributed by atoms with Gasteiger partial charge in [0, 0.05) is 0 Å². The minimum Gasteiger partial charge on any atom is -0.544 e. The normalized spacial score (nSPS) is 27.9. The fraction of sp³-hybridized carbons (Fsp3) is 0.778. The maximum absolute atomic E-state index is 11.5. The smallest absolute Gasteiger partial charge is 0.281 e. The van der Waals surface area contributed by atoms with E-state index < -0.39 is 17.6 Å². The quantitative estimate of drug-likeness (QED) is 0.496. The van der Waals surface area contributed by atoms with Crippen molar-refractivity contribution in [2.45, 2.75) is 32.4 Å². The van der Waals surface area contributed by atoms with Gasteiger partial charge in [0.05, 0.1) is 19.1 Å². The first-order valence-electron chi connectivity index (χ1n) is 4.72. The summed E-state index contributed by atoms with van der Waals surface area (Å²) in [5, 5.41) is 13.5. The van der Waals surface area contributed by atoms with Gasteiger partial charge in [0.25, 0.3) is 5.91 Å². The summed E-state index contributed by atoms with van der Waals surface area (Å²) in [7, 11) is 0. The fourth-order valence-electron chi connectivity index (χ4n) is 1.89. The Kier molecular flexibility index (Phi) is 2.80. The van der Waals surface area contributed by atoms with Crippen LogP contribution in [0.4, 0.5) is 0 Å². The molecule has 5 nitrogen and oxygen atoms in total. The third kappa shape index (κ3) is 1.72. The van der Waals surface area contributed by atoms with E-state index in [1.54, 1.807) is 20.8 Å². The van der Waals surface area contributed by atoms with Crippen LogP contribution in [0, 0.1) is 0 Å². The Bertz CT molecular complexity index is 263. The molecule has 0 aliphatic carbocycles. The number of hydrogen-bond acceptors (Lipinski definition) is 3. The second-order valence-electron chi connectivity index (χ2n) is 4.20. The van der Waals surface area contributed by atoms with Crippen molar-refractivity contribution in [2.24, 2.45) is 0 Å². The highest BCUT2D eigenvalue weighted by Crippen LogP contribution is 2.00. The number of carboxylic acids is 1. The van der Waals surface area contributed by atoms with Crippen molar-refractivity contribution in [3.63, 3.8) is 0 Å². The molecule has 2 N–H and O–H groups in total. The number of nitrogens with one attached hydrogen (secondary N) is 2. The van der Waals surface area contributed by atoms with Crippen LogP contribution in [0.2, 0.25) is 0 Å². The first-order chi connectivity index (χ1) is 6.37. The summed E-state index contributed by atoms with van der Waals surface area (Å²) < 4.78 is 0. The second kappa shape index (κ2) is 3.57. The Labute approximate surface area is 83.1 Å². The van der Waals surface area contributed by atoms with Crippen LogP contribution in [0.1, 0.15) is 20.8 Å². The molecule has 5 heteroatoms. The summed E-state index contributed by atoms with van der Waals surface area (Å²) in [5.41, 5.74) is -0.697. The SMILES string of the molecule is C[C@@H](C(=O)[O-])[NH+]1CCNC(=O)C1(C)C. The Balaban J connectivity index is 2.86. The predicted molar refractivity (Wildman–Crippen MR) is 47.4 cm³/mol. The van der Waals surface area contributed by atoms with E-state index in [9.17, 15) is 14.7 Å². The molecule has 1 heterocycles. The van der Waals surface area contributed by atoms with E-state index in [1.165, 1.54) is 0 Å². The molecule has 1 aliphatic rings. The van der Waals surface area contributed by atoms with Crippen molar-refractivity contribution < 1.29 is 19.6 Å². The highest BCUT2D eigenvalue weighted by atomic mass is 16.4. The minimum atomic E-state index is -1.11. The largest absolute Gasteiger partial charge is 0.544 e. The van der Waals surface area contributed by atoms with Crippen LogP contribution in [0.25, 0.3) is 0 Å². The van der Waals surface area contributed by atoms with Crippen LogP contribution in [0.15, 0.2) is 0 Å². The molecule has 0 aromatic heterocycles. The van der Waals surface area contributed by atoms with Crippen LogP contribution >= 0.6 is 0 Å². The molecule has 1 amide bonds.